The van der Waals surface area contributed by atoms with Gasteiger partial charge in [0.2, 0.25) is 5.95 Å². The van der Waals surface area contributed by atoms with Crippen LogP contribution in [0.4, 0.5) is 20.4 Å². The third-order valence-corrected chi connectivity index (χ3v) is 5.81. The van der Waals surface area contributed by atoms with Gasteiger partial charge in [-0.15, -0.1) is 0 Å². The second-order valence-corrected chi connectivity index (χ2v) is 9.18. The zero-order valence-electron chi connectivity index (χ0n) is 20.7. The van der Waals surface area contributed by atoms with Crippen LogP contribution >= 0.6 is 0 Å². The van der Waals surface area contributed by atoms with Crippen molar-refractivity contribution in [2.75, 3.05) is 5.32 Å². The molecule has 0 bridgehead atoms. The van der Waals surface area contributed by atoms with Gasteiger partial charge in [0, 0.05) is 30.1 Å². The smallest absolute Gasteiger partial charge is 0.270 e. The fraction of sp³-hybridized carbons (Fsp3) is 0.241. The van der Waals surface area contributed by atoms with Crippen LogP contribution in [-0.2, 0) is 12.5 Å². The molecule has 0 fully saturated rings. The summed E-state index contributed by atoms with van der Waals surface area (Å²) in [7, 11) is 0. The Morgan fingerprint density at radius 1 is 1.03 bits per heavy atom. The van der Waals surface area contributed by atoms with Gasteiger partial charge in [0.25, 0.3) is 5.92 Å². The number of imidazole rings is 1. The van der Waals surface area contributed by atoms with Gasteiger partial charge in [-0.05, 0) is 63.1 Å². The summed E-state index contributed by atoms with van der Waals surface area (Å²) < 4.78 is 30.7. The first kappa shape index (κ1) is 24.3. The normalized spacial score (nSPS) is 12.1. The predicted molar refractivity (Wildman–Crippen MR) is 141 cm³/mol. The summed E-state index contributed by atoms with van der Waals surface area (Å²) in [6.07, 6.45) is 1.84. The number of benzene rings is 3. The lowest BCUT2D eigenvalue weighted by atomic mass is 10.0. The summed E-state index contributed by atoms with van der Waals surface area (Å²) in [6.45, 7) is 9.19. The molecule has 0 aliphatic heterocycles. The maximum Gasteiger partial charge on any atom is 0.270 e. The highest BCUT2D eigenvalue weighted by molar-refractivity contribution is 6.01. The Morgan fingerprint density at radius 2 is 1.74 bits per heavy atom. The third-order valence-electron chi connectivity index (χ3n) is 5.81. The molecule has 0 spiro atoms. The maximum atomic E-state index is 14.4. The van der Waals surface area contributed by atoms with Crippen molar-refractivity contribution in [2.45, 2.75) is 47.1 Å². The van der Waals surface area contributed by atoms with Crippen LogP contribution < -0.4 is 5.32 Å². The summed E-state index contributed by atoms with van der Waals surface area (Å²) >= 11 is 0. The summed E-state index contributed by atoms with van der Waals surface area (Å²) in [5, 5.41) is 3.38. The second kappa shape index (κ2) is 9.82. The number of aryl methyl sites for hydroxylation is 1. The highest BCUT2D eigenvalue weighted by Gasteiger charge is 2.27. The fourth-order valence-electron chi connectivity index (χ4n) is 3.93. The standard InChI is InChI=1S/C29H30F2N4/c1-19(2)17-32-21(4)22-12-15-27-26(16-22)34-28(33-24-13-10-20(3)11-14-24)35(27)18-23-8-6-7-9-25(23)29(5,30)31/h6-17H,18H2,1-5H3,(H,33,34). The van der Waals surface area contributed by atoms with Crippen LogP contribution in [0.3, 0.4) is 0 Å². The summed E-state index contributed by atoms with van der Waals surface area (Å²) in [5.41, 5.74) is 7.18. The van der Waals surface area contributed by atoms with Crippen LogP contribution in [0, 0.1) is 6.92 Å². The SMILES string of the molecule is CC(C)=CN=C(C)c1ccc2c(c1)nc(Nc1ccc(C)cc1)n2Cc1ccccc1C(C)(F)F. The summed E-state index contributed by atoms with van der Waals surface area (Å²) in [4.78, 5) is 9.38. The van der Waals surface area contributed by atoms with Crippen LogP contribution in [0.15, 0.2) is 83.5 Å². The van der Waals surface area contributed by atoms with Crippen molar-refractivity contribution in [3.8, 4) is 0 Å². The van der Waals surface area contributed by atoms with E-state index in [1.807, 2.05) is 80.9 Å². The number of halogens is 2. The van der Waals surface area contributed by atoms with Crippen molar-refractivity contribution in [2.24, 2.45) is 4.99 Å². The number of nitrogens with one attached hydrogen (secondary N) is 1. The van der Waals surface area contributed by atoms with Gasteiger partial charge in [0.15, 0.2) is 0 Å². The molecule has 0 radical (unpaired) electrons. The zero-order valence-corrected chi connectivity index (χ0v) is 20.7. The molecule has 6 heteroatoms. The van der Waals surface area contributed by atoms with Crippen molar-refractivity contribution in [1.82, 2.24) is 9.55 Å². The average molecular weight is 473 g/mol. The molecule has 0 atom stereocenters. The predicted octanol–water partition coefficient (Wildman–Crippen LogP) is 7.98. The van der Waals surface area contributed by atoms with E-state index in [4.69, 9.17) is 4.98 Å². The molecule has 3 aromatic carbocycles. The lowest BCUT2D eigenvalue weighted by Gasteiger charge is -2.18. The molecular formula is C29H30F2N4. The van der Waals surface area contributed by atoms with E-state index >= 15 is 0 Å². The topological polar surface area (TPSA) is 42.2 Å². The Labute approximate surface area is 205 Å². The van der Waals surface area contributed by atoms with Crippen LogP contribution in [0.5, 0.6) is 0 Å². The number of aliphatic imine (C=N–C) groups is 1. The number of hydrogen-bond donors (Lipinski definition) is 1. The molecule has 4 aromatic rings. The molecule has 4 nitrogen and oxygen atoms in total. The molecule has 0 unspecified atom stereocenters. The Balaban J connectivity index is 1.82. The van der Waals surface area contributed by atoms with E-state index in [-0.39, 0.29) is 12.1 Å². The lowest BCUT2D eigenvalue weighted by molar-refractivity contribution is 0.0165. The van der Waals surface area contributed by atoms with Gasteiger partial charge in [-0.25, -0.2) is 13.8 Å². The molecule has 0 aliphatic rings. The van der Waals surface area contributed by atoms with Crippen LogP contribution in [-0.4, -0.2) is 15.3 Å². The second-order valence-electron chi connectivity index (χ2n) is 9.18. The number of fused-ring (bicyclic) bond motifs is 1. The van der Waals surface area contributed by atoms with E-state index in [0.717, 1.165) is 46.1 Å². The summed E-state index contributed by atoms with van der Waals surface area (Å²) in [5.74, 6) is -2.35. The lowest BCUT2D eigenvalue weighted by Crippen LogP contribution is -2.14. The molecule has 1 aromatic heterocycles. The van der Waals surface area contributed by atoms with E-state index in [2.05, 4.69) is 10.3 Å². The monoisotopic (exact) mass is 472 g/mol. The molecular weight excluding hydrogens is 442 g/mol. The van der Waals surface area contributed by atoms with Gasteiger partial charge in [-0.1, -0.05) is 53.6 Å². The van der Waals surface area contributed by atoms with Crippen LogP contribution in [0.25, 0.3) is 11.0 Å². The number of rotatable bonds is 7. The first-order valence-corrected chi connectivity index (χ1v) is 11.6. The van der Waals surface area contributed by atoms with Gasteiger partial charge >= 0.3 is 0 Å². The Hall–Kier alpha value is -3.80. The number of aromatic nitrogens is 2. The molecule has 1 heterocycles. The number of hydrogen-bond acceptors (Lipinski definition) is 3. The number of anilines is 2. The first-order chi connectivity index (χ1) is 16.6. The third kappa shape index (κ3) is 5.65. The van der Waals surface area contributed by atoms with Crippen molar-refractivity contribution >= 4 is 28.4 Å². The zero-order chi connectivity index (χ0) is 25.2. The molecule has 4 rings (SSSR count). The number of nitrogens with zero attached hydrogens (tertiary/aromatic N) is 3. The van der Waals surface area contributed by atoms with E-state index in [0.29, 0.717) is 11.5 Å². The van der Waals surface area contributed by atoms with E-state index in [1.54, 1.807) is 18.2 Å². The summed E-state index contributed by atoms with van der Waals surface area (Å²) in [6, 6.07) is 20.6. The highest BCUT2D eigenvalue weighted by Crippen LogP contribution is 2.32. The Morgan fingerprint density at radius 3 is 2.43 bits per heavy atom. The molecule has 0 saturated heterocycles. The number of alkyl halides is 2. The average Bonchev–Trinajstić information content (AvgIpc) is 3.14. The molecule has 0 saturated carbocycles. The highest BCUT2D eigenvalue weighted by atomic mass is 19.3. The van der Waals surface area contributed by atoms with Gasteiger partial charge in [-0.3, -0.25) is 4.99 Å². The van der Waals surface area contributed by atoms with E-state index in [9.17, 15) is 8.78 Å². The van der Waals surface area contributed by atoms with Gasteiger partial charge < -0.3 is 9.88 Å². The number of allylic oxidation sites excluding steroid dienone is 1. The van der Waals surface area contributed by atoms with Crippen LogP contribution in [0.1, 0.15) is 49.9 Å². The maximum absolute atomic E-state index is 14.4. The molecule has 1 N–H and O–H groups in total. The minimum absolute atomic E-state index is 0.0180. The van der Waals surface area contributed by atoms with Crippen molar-refractivity contribution in [1.29, 1.82) is 0 Å². The quantitative estimate of drug-likeness (QED) is 0.277. The molecule has 35 heavy (non-hydrogen) atoms. The van der Waals surface area contributed by atoms with Crippen molar-refractivity contribution in [3.05, 3.63) is 101 Å². The largest absolute Gasteiger partial charge is 0.326 e. The van der Waals surface area contributed by atoms with Crippen molar-refractivity contribution < 1.29 is 8.78 Å². The van der Waals surface area contributed by atoms with Gasteiger partial charge in [0.1, 0.15) is 0 Å². The molecule has 0 amide bonds. The van der Waals surface area contributed by atoms with Crippen molar-refractivity contribution in [3.63, 3.8) is 0 Å². The molecule has 0 aliphatic carbocycles. The van der Waals surface area contributed by atoms with Gasteiger partial charge in [-0.2, -0.15) is 0 Å². The Bertz CT molecular complexity index is 1400. The van der Waals surface area contributed by atoms with Crippen LogP contribution in [0.2, 0.25) is 0 Å². The first-order valence-electron chi connectivity index (χ1n) is 11.6. The van der Waals surface area contributed by atoms with Gasteiger partial charge in [0.05, 0.1) is 17.6 Å². The minimum atomic E-state index is -2.94. The van der Waals surface area contributed by atoms with E-state index < -0.39 is 5.92 Å². The minimum Gasteiger partial charge on any atom is -0.326 e. The Kier molecular flexibility index (Phi) is 6.83. The molecule has 180 valence electrons. The fourth-order valence-corrected chi connectivity index (χ4v) is 3.93. The van der Waals surface area contributed by atoms with E-state index in [1.165, 1.54) is 6.07 Å².